The third-order valence-electron chi connectivity index (χ3n) is 3.40. The summed E-state index contributed by atoms with van der Waals surface area (Å²) in [5, 5.41) is 2.84. The second-order valence-electron chi connectivity index (χ2n) is 5.18. The fraction of sp³-hybridized carbons (Fsp3) is 0.100. The van der Waals surface area contributed by atoms with Gasteiger partial charge in [-0.15, -0.1) is 0 Å². The molecule has 0 aliphatic heterocycles. The molecule has 126 valence electrons. The molecule has 1 N–H and O–H groups in total. The van der Waals surface area contributed by atoms with Crippen molar-refractivity contribution in [1.82, 2.24) is 4.98 Å². The van der Waals surface area contributed by atoms with Gasteiger partial charge in [-0.3, -0.25) is 4.79 Å². The van der Waals surface area contributed by atoms with E-state index in [1.165, 1.54) is 6.20 Å². The molecule has 1 aromatic heterocycles. The predicted octanol–water partition coefficient (Wildman–Crippen LogP) is 4.52. The highest BCUT2D eigenvalue weighted by Gasteiger charge is 2.10. The zero-order chi connectivity index (χ0) is 17.5. The van der Waals surface area contributed by atoms with E-state index in [1.807, 2.05) is 55.5 Å². The lowest BCUT2D eigenvalue weighted by atomic mass is 10.2. The van der Waals surface area contributed by atoms with E-state index in [9.17, 15) is 4.79 Å². The first-order chi connectivity index (χ1) is 12.3. The molecule has 1 amide bonds. The summed E-state index contributed by atoms with van der Waals surface area (Å²) in [6.07, 6.45) is 1.48. The molecule has 1 heterocycles. The zero-order valence-corrected chi connectivity index (χ0v) is 13.8. The number of ether oxygens (including phenoxy) is 2. The summed E-state index contributed by atoms with van der Waals surface area (Å²) in [5.41, 5.74) is 1.06. The number of pyridine rings is 1. The summed E-state index contributed by atoms with van der Waals surface area (Å²) in [6.45, 7) is 2.42. The second kappa shape index (κ2) is 7.97. The zero-order valence-electron chi connectivity index (χ0n) is 13.8. The average Bonchev–Trinajstić information content (AvgIpc) is 2.65. The van der Waals surface area contributed by atoms with Crippen LogP contribution in [0, 0.1) is 0 Å². The summed E-state index contributed by atoms with van der Waals surface area (Å²) in [4.78, 5) is 16.6. The summed E-state index contributed by atoms with van der Waals surface area (Å²) in [5.74, 6) is 1.50. The summed E-state index contributed by atoms with van der Waals surface area (Å²) < 4.78 is 11.1. The molecule has 5 nitrogen and oxygen atoms in total. The third kappa shape index (κ3) is 4.35. The Bertz CT molecular complexity index is 833. The van der Waals surface area contributed by atoms with Gasteiger partial charge in [0.25, 0.3) is 5.91 Å². The van der Waals surface area contributed by atoms with Crippen LogP contribution < -0.4 is 14.8 Å². The Hall–Kier alpha value is -3.34. The number of amides is 1. The second-order valence-corrected chi connectivity index (χ2v) is 5.18. The smallest absolute Gasteiger partial charge is 0.257 e. The number of para-hydroxylation sites is 3. The minimum absolute atomic E-state index is 0.258. The molecule has 0 spiro atoms. The number of hydrogen-bond acceptors (Lipinski definition) is 4. The van der Waals surface area contributed by atoms with Gasteiger partial charge in [0.05, 0.1) is 17.9 Å². The van der Waals surface area contributed by atoms with Gasteiger partial charge in [-0.25, -0.2) is 4.98 Å². The minimum Gasteiger partial charge on any atom is -0.492 e. The molecule has 0 aliphatic carbocycles. The minimum atomic E-state index is -0.258. The van der Waals surface area contributed by atoms with Gasteiger partial charge in [-0.2, -0.15) is 0 Å². The van der Waals surface area contributed by atoms with Gasteiger partial charge in [0, 0.05) is 12.3 Å². The van der Waals surface area contributed by atoms with Gasteiger partial charge in [0.15, 0.2) is 0 Å². The first-order valence-corrected chi connectivity index (χ1v) is 7.98. The van der Waals surface area contributed by atoms with Crippen LogP contribution in [0.25, 0.3) is 0 Å². The molecule has 3 rings (SSSR count). The molecule has 2 aromatic carbocycles. The van der Waals surface area contributed by atoms with E-state index in [2.05, 4.69) is 10.3 Å². The van der Waals surface area contributed by atoms with E-state index in [0.29, 0.717) is 35.2 Å². The van der Waals surface area contributed by atoms with Crippen molar-refractivity contribution in [3.63, 3.8) is 0 Å². The average molecular weight is 334 g/mol. The molecule has 0 unspecified atom stereocenters. The number of carbonyl (C=O) groups excluding carboxylic acids is 1. The number of nitrogens with one attached hydrogen (secondary N) is 1. The number of anilines is 1. The number of carbonyl (C=O) groups is 1. The van der Waals surface area contributed by atoms with E-state index in [-0.39, 0.29) is 5.91 Å². The van der Waals surface area contributed by atoms with Crippen LogP contribution in [0.3, 0.4) is 0 Å². The lowest BCUT2D eigenvalue weighted by Gasteiger charge is -2.11. The monoisotopic (exact) mass is 334 g/mol. The number of hydrogen-bond donors (Lipinski definition) is 1. The molecular weight excluding hydrogens is 316 g/mol. The van der Waals surface area contributed by atoms with Crippen molar-refractivity contribution in [3.8, 4) is 17.4 Å². The van der Waals surface area contributed by atoms with Crippen LogP contribution in [0.15, 0.2) is 72.9 Å². The molecule has 0 fully saturated rings. The first kappa shape index (κ1) is 16.5. The lowest BCUT2D eigenvalue weighted by molar-refractivity contribution is 0.102. The molecule has 0 saturated heterocycles. The maximum atomic E-state index is 12.4. The Balaban J connectivity index is 1.69. The van der Waals surface area contributed by atoms with Crippen LogP contribution in [-0.4, -0.2) is 17.5 Å². The van der Waals surface area contributed by atoms with Crippen LogP contribution in [0.4, 0.5) is 5.69 Å². The van der Waals surface area contributed by atoms with E-state index in [4.69, 9.17) is 9.47 Å². The van der Waals surface area contributed by atoms with Gasteiger partial charge in [-0.1, -0.05) is 30.3 Å². The first-order valence-electron chi connectivity index (χ1n) is 7.98. The van der Waals surface area contributed by atoms with Crippen molar-refractivity contribution < 1.29 is 14.3 Å². The fourth-order valence-corrected chi connectivity index (χ4v) is 2.23. The van der Waals surface area contributed by atoms with Gasteiger partial charge < -0.3 is 14.8 Å². The van der Waals surface area contributed by atoms with Crippen molar-refractivity contribution in [2.45, 2.75) is 6.92 Å². The topological polar surface area (TPSA) is 60.5 Å². The van der Waals surface area contributed by atoms with Gasteiger partial charge >= 0.3 is 0 Å². The van der Waals surface area contributed by atoms with E-state index in [0.717, 1.165) is 0 Å². The Morgan fingerprint density at radius 2 is 1.76 bits per heavy atom. The van der Waals surface area contributed by atoms with Crippen LogP contribution in [0.1, 0.15) is 17.3 Å². The summed E-state index contributed by atoms with van der Waals surface area (Å²) in [7, 11) is 0. The maximum absolute atomic E-state index is 12.4. The molecule has 25 heavy (non-hydrogen) atoms. The number of rotatable bonds is 6. The highest BCUT2D eigenvalue weighted by Crippen LogP contribution is 2.24. The fourth-order valence-electron chi connectivity index (χ4n) is 2.23. The van der Waals surface area contributed by atoms with Crippen molar-refractivity contribution in [2.75, 3.05) is 11.9 Å². The molecule has 3 aromatic rings. The Morgan fingerprint density at radius 3 is 2.48 bits per heavy atom. The molecule has 0 bridgehead atoms. The quantitative estimate of drug-likeness (QED) is 0.720. The number of aromatic nitrogens is 1. The van der Waals surface area contributed by atoms with Crippen molar-refractivity contribution in [3.05, 3.63) is 78.5 Å². The third-order valence-corrected chi connectivity index (χ3v) is 3.40. The summed E-state index contributed by atoms with van der Waals surface area (Å²) in [6, 6.07) is 20.0. The van der Waals surface area contributed by atoms with Crippen molar-refractivity contribution >= 4 is 11.6 Å². The Kier molecular flexibility index (Phi) is 5.26. The van der Waals surface area contributed by atoms with E-state index in [1.54, 1.807) is 18.2 Å². The van der Waals surface area contributed by atoms with E-state index >= 15 is 0 Å². The van der Waals surface area contributed by atoms with Gasteiger partial charge in [-0.05, 0) is 37.3 Å². The van der Waals surface area contributed by atoms with Crippen LogP contribution in [-0.2, 0) is 0 Å². The Labute approximate surface area is 146 Å². The predicted molar refractivity (Wildman–Crippen MR) is 96.3 cm³/mol. The lowest BCUT2D eigenvalue weighted by Crippen LogP contribution is -2.13. The van der Waals surface area contributed by atoms with Crippen LogP contribution in [0.5, 0.6) is 17.4 Å². The van der Waals surface area contributed by atoms with E-state index < -0.39 is 0 Å². The number of nitrogens with zero attached hydrogens (tertiary/aromatic N) is 1. The largest absolute Gasteiger partial charge is 0.492 e. The maximum Gasteiger partial charge on any atom is 0.257 e. The number of benzene rings is 2. The van der Waals surface area contributed by atoms with Crippen molar-refractivity contribution in [1.29, 1.82) is 0 Å². The summed E-state index contributed by atoms with van der Waals surface area (Å²) >= 11 is 0. The Morgan fingerprint density at radius 1 is 1.00 bits per heavy atom. The molecule has 5 heteroatoms. The van der Waals surface area contributed by atoms with Gasteiger partial charge in [0.1, 0.15) is 11.5 Å². The molecule has 0 saturated carbocycles. The van der Waals surface area contributed by atoms with Gasteiger partial charge in [0.2, 0.25) is 5.88 Å². The highest BCUT2D eigenvalue weighted by molar-refractivity contribution is 6.04. The van der Waals surface area contributed by atoms with Crippen molar-refractivity contribution in [2.24, 2.45) is 0 Å². The normalized spacial score (nSPS) is 10.1. The van der Waals surface area contributed by atoms with Crippen LogP contribution >= 0.6 is 0 Å². The molecule has 0 radical (unpaired) electrons. The molecule has 0 atom stereocenters. The highest BCUT2D eigenvalue weighted by atomic mass is 16.5. The van der Waals surface area contributed by atoms with Crippen LogP contribution in [0.2, 0.25) is 0 Å². The standard InChI is InChI=1S/C20H18N2O3/c1-2-24-18-11-7-6-10-17(18)22-20(23)15-12-13-19(21-14-15)25-16-8-4-3-5-9-16/h3-14H,2H2,1H3,(H,22,23). The molecule has 0 aliphatic rings. The molecular formula is C20H18N2O3. The SMILES string of the molecule is CCOc1ccccc1NC(=O)c1ccc(Oc2ccccc2)nc1.